The molecule has 4 nitrogen and oxygen atoms in total. The number of primary amides is 1. The third-order valence-corrected chi connectivity index (χ3v) is 4.93. The molecule has 5 heteroatoms. The summed E-state index contributed by atoms with van der Waals surface area (Å²) in [7, 11) is 0. The number of ether oxygens (including phenoxy) is 1. The maximum Gasteiger partial charge on any atom is 0.259 e. The van der Waals surface area contributed by atoms with Crippen LogP contribution in [0.15, 0.2) is 24.3 Å². The van der Waals surface area contributed by atoms with Gasteiger partial charge < -0.3 is 10.5 Å². The van der Waals surface area contributed by atoms with E-state index in [4.69, 9.17) is 10.5 Å². The molecule has 1 aromatic carbocycles. The summed E-state index contributed by atoms with van der Waals surface area (Å²) in [6.07, 6.45) is 0.863. The van der Waals surface area contributed by atoms with Crippen molar-refractivity contribution in [3.8, 4) is 0 Å². The number of nitrogens with zero attached hydrogens (tertiary/aromatic N) is 1. The van der Waals surface area contributed by atoms with Gasteiger partial charge in [-0.05, 0) is 23.4 Å². The van der Waals surface area contributed by atoms with E-state index in [1.54, 1.807) is 0 Å². The van der Waals surface area contributed by atoms with Gasteiger partial charge in [0.1, 0.15) is 0 Å². The van der Waals surface area contributed by atoms with E-state index in [0.29, 0.717) is 4.88 Å². The van der Waals surface area contributed by atoms with E-state index in [1.807, 2.05) is 18.2 Å². The molecule has 1 aliphatic rings. The SMILES string of the molecule is NC(=O)c1sc2ccccc2c1CCN1CCOCC1. The molecule has 1 amide bonds. The van der Waals surface area contributed by atoms with Gasteiger partial charge in [0.05, 0.1) is 18.1 Å². The minimum Gasteiger partial charge on any atom is -0.379 e. The van der Waals surface area contributed by atoms with Crippen LogP contribution in [0.5, 0.6) is 0 Å². The molecule has 1 aliphatic heterocycles. The number of hydrogen-bond donors (Lipinski definition) is 1. The van der Waals surface area contributed by atoms with Crippen LogP contribution in [0.4, 0.5) is 0 Å². The van der Waals surface area contributed by atoms with Gasteiger partial charge in [-0.3, -0.25) is 9.69 Å². The second kappa shape index (κ2) is 5.91. The Morgan fingerprint density at radius 3 is 2.80 bits per heavy atom. The zero-order valence-electron chi connectivity index (χ0n) is 11.3. The highest BCUT2D eigenvalue weighted by atomic mass is 32.1. The van der Waals surface area contributed by atoms with Crippen LogP contribution >= 0.6 is 11.3 Å². The van der Waals surface area contributed by atoms with Crippen LogP contribution < -0.4 is 5.73 Å². The summed E-state index contributed by atoms with van der Waals surface area (Å²) in [5, 5.41) is 1.17. The van der Waals surface area contributed by atoms with Crippen molar-refractivity contribution in [1.29, 1.82) is 0 Å². The van der Waals surface area contributed by atoms with Gasteiger partial charge in [0, 0.05) is 24.3 Å². The normalized spacial score (nSPS) is 16.6. The molecule has 0 saturated carbocycles. The molecular weight excluding hydrogens is 272 g/mol. The Balaban J connectivity index is 1.84. The maximum absolute atomic E-state index is 11.6. The average molecular weight is 290 g/mol. The van der Waals surface area contributed by atoms with Crippen LogP contribution in [0.2, 0.25) is 0 Å². The van der Waals surface area contributed by atoms with Crippen molar-refractivity contribution >= 4 is 27.3 Å². The molecule has 1 fully saturated rings. The molecule has 20 heavy (non-hydrogen) atoms. The van der Waals surface area contributed by atoms with Gasteiger partial charge in [0.15, 0.2) is 0 Å². The number of fused-ring (bicyclic) bond motifs is 1. The molecule has 2 N–H and O–H groups in total. The van der Waals surface area contributed by atoms with E-state index in [1.165, 1.54) is 16.7 Å². The molecule has 0 aliphatic carbocycles. The standard InChI is InChI=1S/C15H18N2O2S/c16-15(18)14-12(5-6-17-7-9-19-10-8-17)11-3-1-2-4-13(11)20-14/h1-4H,5-10H2,(H2,16,18). The maximum atomic E-state index is 11.6. The van der Waals surface area contributed by atoms with Gasteiger partial charge in [-0.25, -0.2) is 0 Å². The number of carbonyl (C=O) groups excluding carboxylic acids is 1. The van der Waals surface area contributed by atoms with Crippen molar-refractivity contribution in [1.82, 2.24) is 4.90 Å². The van der Waals surface area contributed by atoms with Gasteiger partial charge in [-0.1, -0.05) is 18.2 Å². The van der Waals surface area contributed by atoms with Crippen LogP contribution in [-0.4, -0.2) is 43.7 Å². The molecule has 1 aromatic heterocycles. The monoisotopic (exact) mass is 290 g/mol. The summed E-state index contributed by atoms with van der Waals surface area (Å²) in [5.74, 6) is -0.317. The minimum atomic E-state index is -0.317. The predicted octanol–water partition coefficient (Wildman–Crippen LogP) is 1.87. The highest BCUT2D eigenvalue weighted by molar-refractivity contribution is 7.21. The van der Waals surface area contributed by atoms with Crippen molar-refractivity contribution < 1.29 is 9.53 Å². The molecule has 0 atom stereocenters. The van der Waals surface area contributed by atoms with Crippen molar-refractivity contribution in [3.05, 3.63) is 34.7 Å². The summed E-state index contributed by atoms with van der Waals surface area (Å²) in [6, 6.07) is 8.13. The molecule has 3 rings (SSSR count). The first-order valence-corrected chi connectivity index (χ1v) is 7.67. The number of thiophene rings is 1. The molecule has 0 radical (unpaired) electrons. The van der Waals surface area contributed by atoms with Crippen molar-refractivity contribution in [2.24, 2.45) is 5.73 Å². The molecule has 2 aromatic rings. The molecule has 0 unspecified atom stereocenters. The lowest BCUT2D eigenvalue weighted by molar-refractivity contribution is 0.0384. The fourth-order valence-corrected chi connectivity index (χ4v) is 3.74. The lowest BCUT2D eigenvalue weighted by atomic mass is 10.1. The van der Waals surface area contributed by atoms with E-state index in [2.05, 4.69) is 11.0 Å². The molecule has 0 spiro atoms. The smallest absolute Gasteiger partial charge is 0.259 e. The highest BCUT2D eigenvalue weighted by Crippen LogP contribution is 2.31. The van der Waals surface area contributed by atoms with E-state index < -0.39 is 0 Å². The Morgan fingerprint density at radius 1 is 1.30 bits per heavy atom. The van der Waals surface area contributed by atoms with Crippen LogP contribution in [0.1, 0.15) is 15.2 Å². The molecule has 1 saturated heterocycles. The first-order valence-electron chi connectivity index (χ1n) is 6.86. The number of benzene rings is 1. The fourth-order valence-electron chi connectivity index (χ4n) is 2.64. The van der Waals surface area contributed by atoms with Crippen molar-refractivity contribution in [3.63, 3.8) is 0 Å². The summed E-state index contributed by atoms with van der Waals surface area (Å²) in [5.41, 5.74) is 6.63. The molecular formula is C15H18N2O2S. The van der Waals surface area contributed by atoms with Crippen LogP contribution in [0.25, 0.3) is 10.1 Å². The van der Waals surface area contributed by atoms with Crippen LogP contribution in [0, 0.1) is 0 Å². The van der Waals surface area contributed by atoms with E-state index >= 15 is 0 Å². The van der Waals surface area contributed by atoms with E-state index in [0.717, 1.165) is 49.5 Å². The van der Waals surface area contributed by atoms with Gasteiger partial charge in [0.25, 0.3) is 5.91 Å². The average Bonchev–Trinajstić information content (AvgIpc) is 2.85. The van der Waals surface area contributed by atoms with Crippen LogP contribution in [0.3, 0.4) is 0 Å². The van der Waals surface area contributed by atoms with E-state index in [9.17, 15) is 4.79 Å². The molecule has 106 valence electrons. The third kappa shape index (κ3) is 2.70. The Kier molecular flexibility index (Phi) is 4.00. The van der Waals surface area contributed by atoms with Crippen molar-refractivity contribution in [2.45, 2.75) is 6.42 Å². The zero-order chi connectivity index (χ0) is 13.9. The van der Waals surface area contributed by atoms with Gasteiger partial charge in [-0.2, -0.15) is 0 Å². The number of carbonyl (C=O) groups is 1. The number of rotatable bonds is 4. The van der Waals surface area contributed by atoms with Crippen molar-refractivity contribution in [2.75, 3.05) is 32.8 Å². The predicted molar refractivity (Wildman–Crippen MR) is 81.3 cm³/mol. The topological polar surface area (TPSA) is 55.6 Å². The summed E-state index contributed by atoms with van der Waals surface area (Å²) in [4.78, 5) is 14.7. The third-order valence-electron chi connectivity index (χ3n) is 3.70. The molecule has 2 heterocycles. The lowest BCUT2D eigenvalue weighted by Crippen LogP contribution is -2.37. The molecule has 0 bridgehead atoms. The van der Waals surface area contributed by atoms with Gasteiger partial charge in [-0.15, -0.1) is 11.3 Å². The summed E-state index contributed by atoms with van der Waals surface area (Å²) < 4.78 is 6.49. The largest absolute Gasteiger partial charge is 0.379 e. The number of amides is 1. The Hall–Kier alpha value is -1.43. The van der Waals surface area contributed by atoms with Gasteiger partial charge in [0.2, 0.25) is 0 Å². The Morgan fingerprint density at radius 2 is 2.05 bits per heavy atom. The van der Waals surface area contributed by atoms with Gasteiger partial charge >= 0.3 is 0 Å². The second-order valence-electron chi connectivity index (χ2n) is 4.97. The fraction of sp³-hybridized carbons (Fsp3) is 0.400. The first-order chi connectivity index (χ1) is 9.75. The highest BCUT2D eigenvalue weighted by Gasteiger charge is 2.17. The quantitative estimate of drug-likeness (QED) is 0.935. The summed E-state index contributed by atoms with van der Waals surface area (Å²) in [6.45, 7) is 4.48. The van der Waals surface area contributed by atoms with Crippen LogP contribution in [-0.2, 0) is 11.2 Å². The zero-order valence-corrected chi connectivity index (χ0v) is 12.1. The first kappa shape index (κ1) is 13.5. The summed E-state index contributed by atoms with van der Waals surface area (Å²) >= 11 is 1.50. The number of nitrogens with two attached hydrogens (primary N) is 1. The Labute approximate surface area is 122 Å². The second-order valence-corrected chi connectivity index (χ2v) is 6.03. The lowest BCUT2D eigenvalue weighted by Gasteiger charge is -2.26. The number of morpholine rings is 1. The Bertz CT molecular complexity index is 617. The number of hydrogen-bond acceptors (Lipinski definition) is 4. The minimum absolute atomic E-state index is 0.317. The van der Waals surface area contributed by atoms with E-state index in [-0.39, 0.29) is 5.91 Å².